The Bertz CT molecular complexity index is 870. The van der Waals surface area contributed by atoms with Gasteiger partial charge in [0.15, 0.2) is 0 Å². The number of nitro groups is 1. The van der Waals surface area contributed by atoms with E-state index in [-0.39, 0.29) is 41.9 Å². The van der Waals surface area contributed by atoms with E-state index in [0.717, 1.165) is 12.3 Å². The van der Waals surface area contributed by atoms with E-state index in [2.05, 4.69) is 20.9 Å². The maximum Gasteiger partial charge on any atom is 0.417 e. The molecule has 0 radical (unpaired) electrons. The highest BCUT2D eigenvalue weighted by molar-refractivity contribution is 5.95. The zero-order valence-electron chi connectivity index (χ0n) is 15.7. The summed E-state index contributed by atoms with van der Waals surface area (Å²) in [6, 6.07) is 6.10. The number of alkyl halides is 3. The molecular weight excluding hydrogens is 391 g/mol. The van der Waals surface area contributed by atoms with Gasteiger partial charge in [0.05, 0.1) is 10.5 Å². The average molecular weight is 411 g/mol. The first-order valence-corrected chi connectivity index (χ1v) is 8.68. The molecule has 29 heavy (non-hydrogen) atoms. The zero-order chi connectivity index (χ0) is 21.6. The molecule has 11 heteroatoms. The molecule has 0 bridgehead atoms. The second-order valence-electron chi connectivity index (χ2n) is 6.40. The standard InChI is InChI=1S/C18H20F3N5O3/c1-11(2)25-17(27)12-3-5-14(15(9-12)26(28)29)22-7-8-23-16-6-4-13(10-24-16)18(19,20)21/h3-6,9-11,22H,7-8H2,1-2H3,(H,23,24)(H,25,27). The molecule has 0 saturated carbocycles. The lowest BCUT2D eigenvalue weighted by Crippen LogP contribution is -2.30. The molecule has 0 aliphatic carbocycles. The van der Waals surface area contributed by atoms with Gasteiger partial charge >= 0.3 is 6.18 Å². The number of benzene rings is 1. The smallest absolute Gasteiger partial charge is 0.378 e. The average Bonchev–Trinajstić information content (AvgIpc) is 2.64. The number of nitro benzene ring substituents is 1. The molecule has 3 N–H and O–H groups in total. The van der Waals surface area contributed by atoms with Gasteiger partial charge in [-0.3, -0.25) is 14.9 Å². The number of hydrogen-bond acceptors (Lipinski definition) is 6. The molecule has 2 rings (SSSR count). The molecular formula is C18H20F3N5O3. The number of anilines is 2. The maximum atomic E-state index is 12.5. The van der Waals surface area contributed by atoms with Gasteiger partial charge in [-0.25, -0.2) is 4.98 Å². The first-order chi connectivity index (χ1) is 13.6. The number of halogens is 3. The summed E-state index contributed by atoms with van der Waals surface area (Å²) in [7, 11) is 0. The third-order valence-electron chi connectivity index (χ3n) is 3.71. The summed E-state index contributed by atoms with van der Waals surface area (Å²) < 4.78 is 37.5. The fraction of sp³-hybridized carbons (Fsp3) is 0.333. The molecule has 1 amide bonds. The fourth-order valence-electron chi connectivity index (χ4n) is 2.37. The number of rotatable bonds is 8. The van der Waals surface area contributed by atoms with Crippen LogP contribution in [-0.2, 0) is 6.18 Å². The van der Waals surface area contributed by atoms with E-state index in [0.29, 0.717) is 0 Å². The van der Waals surface area contributed by atoms with Crippen molar-refractivity contribution in [2.75, 3.05) is 23.7 Å². The predicted molar refractivity (Wildman–Crippen MR) is 102 cm³/mol. The lowest BCUT2D eigenvalue weighted by Gasteiger charge is -2.12. The summed E-state index contributed by atoms with van der Waals surface area (Å²) in [5.41, 5.74) is -0.714. The van der Waals surface area contributed by atoms with E-state index < -0.39 is 22.6 Å². The Morgan fingerprint density at radius 1 is 1.17 bits per heavy atom. The fourth-order valence-corrected chi connectivity index (χ4v) is 2.37. The topological polar surface area (TPSA) is 109 Å². The third-order valence-corrected chi connectivity index (χ3v) is 3.71. The quantitative estimate of drug-likeness (QED) is 0.347. The van der Waals surface area contributed by atoms with Crippen LogP contribution in [0.4, 0.5) is 30.4 Å². The molecule has 1 aromatic carbocycles. The number of hydrogen-bond donors (Lipinski definition) is 3. The highest BCUT2D eigenvalue weighted by Crippen LogP contribution is 2.29. The van der Waals surface area contributed by atoms with Crippen LogP contribution < -0.4 is 16.0 Å². The Kier molecular flexibility index (Phi) is 6.97. The Hall–Kier alpha value is -3.37. The van der Waals surface area contributed by atoms with Crippen LogP contribution in [0.2, 0.25) is 0 Å². The van der Waals surface area contributed by atoms with Crippen molar-refractivity contribution >= 4 is 23.1 Å². The molecule has 0 spiro atoms. The highest BCUT2D eigenvalue weighted by atomic mass is 19.4. The van der Waals surface area contributed by atoms with Crippen LogP contribution >= 0.6 is 0 Å². The summed E-state index contributed by atoms with van der Waals surface area (Å²) in [4.78, 5) is 26.4. The predicted octanol–water partition coefficient (Wildman–Crippen LogP) is 3.67. The Balaban J connectivity index is 1.96. The molecule has 1 heterocycles. The molecule has 0 fully saturated rings. The van der Waals surface area contributed by atoms with Crippen LogP contribution in [0.3, 0.4) is 0 Å². The largest absolute Gasteiger partial charge is 0.417 e. The van der Waals surface area contributed by atoms with Crippen LogP contribution in [0.1, 0.15) is 29.8 Å². The molecule has 1 aromatic heterocycles. The minimum absolute atomic E-state index is 0.107. The summed E-state index contributed by atoms with van der Waals surface area (Å²) in [5, 5.41) is 19.6. The van der Waals surface area contributed by atoms with E-state index in [1.807, 2.05) is 0 Å². The second kappa shape index (κ2) is 9.22. The van der Waals surface area contributed by atoms with Gasteiger partial charge in [0, 0.05) is 37.0 Å². The van der Waals surface area contributed by atoms with Crippen LogP contribution in [0.25, 0.3) is 0 Å². The second-order valence-corrected chi connectivity index (χ2v) is 6.40. The normalized spacial score (nSPS) is 11.2. The van der Waals surface area contributed by atoms with Crippen LogP contribution in [0, 0.1) is 10.1 Å². The van der Waals surface area contributed by atoms with Gasteiger partial charge < -0.3 is 16.0 Å². The van der Waals surface area contributed by atoms with Crippen LogP contribution in [-0.4, -0.2) is 34.9 Å². The third kappa shape index (κ3) is 6.33. The van der Waals surface area contributed by atoms with Crippen molar-refractivity contribution in [2.24, 2.45) is 0 Å². The Morgan fingerprint density at radius 2 is 1.86 bits per heavy atom. The summed E-state index contributed by atoms with van der Waals surface area (Å²) in [6.07, 6.45) is -3.73. The van der Waals surface area contributed by atoms with Crippen molar-refractivity contribution in [3.63, 3.8) is 0 Å². The van der Waals surface area contributed by atoms with E-state index in [1.54, 1.807) is 13.8 Å². The molecule has 2 aromatic rings. The number of nitrogens with one attached hydrogen (secondary N) is 3. The first-order valence-electron chi connectivity index (χ1n) is 8.68. The van der Waals surface area contributed by atoms with Crippen LogP contribution in [0.15, 0.2) is 36.5 Å². The van der Waals surface area contributed by atoms with Gasteiger partial charge in [0.1, 0.15) is 11.5 Å². The first kappa shape index (κ1) is 21.9. The van der Waals surface area contributed by atoms with Crippen molar-refractivity contribution in [3.05, 3.63) is 57.8 Å². The SMILES string of the molecule is CC(C)NC(=O)c1ccc(NCCNc2ccc(C(F)(F)F)cn2)c([N+](=O)[O-])c1. The lowest BCUT2D eigenvalue weighted by atomic mass is 10.1. The summed E-state index contributed by atoms with van der Waals surface area (Å²) in [6.45, 7) is 4.05. The van der Waals surface area contributed by atoms with E-state index in [9.17, 15) is 28.1 Å². The van der Waals surface area contributed by atoms with Crippen molar-refractivity contribution in [3.8, 4) is 0 Å². The van der Waals surface area contributed by atoms with E-state index in [4.69, 9.17) is 0 Å². The van der Waals surface area contributed by atoms with E-state index in [1.165, 1.54) is 24.3 Å². The van der Waals surface area contributed by atoms with Gasteiger partial charge in [0.25, 0.3) is 11.6 Å². The Morgan fingerprint density at radius 3 is 2.41 bits per heavy atom. The van der Waals surface area contributed by atoms with E-state index >= 15 is 0 Å². The lowest BCUT2D eigenvalue weighted by molar-refractivity contribution is -0.384. The van der Waals surface area contributed by atoms with Gasteiger partial charge in [-0.15, -0.1) is 0 Å². The number of nitrogens with zero attached hydrogens (tertiary/aromatic N) is 2. The molecule has 8 nitrogen and oxygen atoms in total. The summed E-state index contributed by atoms with van der Waals surface area (Å²) >= 11 is 0. The molecule has 0 aliphatic rings. The minimum Gasteiger partial charge on any atom is -0.378 e. The van der Waals surface area contributed by atoms with Crippen molar-refractivity contribution in [2.45, 2.75) is 26.1 Å². The van der Waals surface area contributed by atoms with Crippen molar-refractivity contribution in [1.82, 2.24) is 10.3 Å². The Labute approximate surface area is 164 Å². The number of amides is 1. The number of carbonyl (C=O) groups excluding carboxylic acids is 1. The van der Waals surface area contributed by atoms with Gasteiger partial charge in [0.2, 0.25) is 0 Å². The van der Waals surface area contributed by atoms with Crippen molar-refractivity contribution < 1.29 is 22.9 Å². The molecule has 0 atom stereocenters. The molecule has 156 valence electrons. The summed E-state index contributed by atoms with van der Waals surface area (Å²) in [5.74, 6) is -0.167. The zero-order valence-corrected chi connectivity index (χ0v) is 15.7. The number of aromatic nitrogens is 1. The maximum absolute atomic E-state index is 12.5. The monoisotopic (exact) mass is 411 g/mol. The minimum atomic E-state index is -4.45. The molecule has 0 unspecified atom stereocenters. The van der Waals surface area contributed by atoms with Gasteiger partial charge in [-0.2, -0.15) is 13.2 Å². The van der Waals surface area contributed by atoms with Crippen LogP contribution in [0.5, 0.6) is 0 Å². The molecule has 0 saturated heterocycles. The highest BCUT2D eigenvalue weighted by Gasteiger charge is 2.30. The van der Waals surface area contributed by atoms with Gasteiger partial charge in [-0.1, -0.05) is 0 Å². The van der Waals surface area contributed by atoms with Crippen molar-refractivity contribution in [1.29, 1.82) is 0 Å². The number of pyridine rings is 1. The molecule has 0 aliphatic heterocycles. The van der Waals surface area contributed by atoms with Gasteiger partial charge in [-0.05, 0) is 38.1 Å². The number of carbonyl (C=O) groups is 1.